The van der Waals surface area contributed by atoms with Gasteiger partial charge in [-0.1, -0.05) is 47.5 Å². The van der Waals surface area contributed by atoms with Gasteiger partial charge in [0.2, 0.25) is 10.0 Å². The van der Waals surface area contributed by atoms with Crippen LogP contribution in [0.1, 0.15) is 18.4 Å². The zero-order valence-corrected chi connectivity index (χ0v) is 20.2. The lowest BCUT2D eigenvalue weighted by molar-refractivity contribution is 0.329. The van der Waals surface area contributed by atoms with Crippen LogP contribution in [0.25, 0.3) is 16.9 Å². The van der Waals surface area contributed by atoms with E-state index < -0.39 is 10.0 Å². The predicted octanol–water partition coefficient (Wildman–Crippen LogP) is 3.42. The second kappa shape index (κ2) is 9.05. The van der Waals surface area contributed by atoms with Crippen LogP contribution in [0.4, 0.5) is 5.82 Å². The van der Waals surface area contributed by atoms with Gasteiger partial charge in [0.25, 0.3) is 0 Å². The van der Waals surface area contributed by atoms with E-state index in [0.717, 1.165) is 16.9 Å². The summed E-state index contributed by atoms with van der Waals surface area (Å²) >= 11 is 6.41. The lowest BCUT2D eigenvalue weighted by Gasteiger charge is -2.32. The molecule has 0 saturated carbocycles. The van der Waals surface area contributed by atoms with Crippen LogP contribution in [0.5, 0.6) is 0 Å². The molecule has 4 aromatic rings. The number of nitrogens with one attached hydrogen (secondary N) is 1. The molecule has 2 aromatic carbocycles. The zero-order chi connectivity index (χ0) is 23.9. The van der Waals surface area contributed by atoms with E-state index >= 15 is 0 Å². The van der Waals surface area contributed by atoms with E-state index in [4.69, 9.17) is 19.4 Å². The number of anilines is 1. The molecule has 1 aliphatic rings. The monoisotopic (exact) mass is 491 g/mol. The molecular formula is C24H23BClN5O2S. The average Bonchev–Trinajstić information content (AvgIpc) is 3.21. The van der Waals surface area contributed by atoms with Crippen LogP contribution in [-0.2, 0) is 10.0 Å². The molecule has 3 heterocycles. The molecule has 0 aliphatic carbocycles. The van der Waals surface area contributed by atoms with Crippen molar-refractivity contribution in [1.82, 2.24) is 18.9 Å². The Labute approximate surface area is 205 Å². The third kappa shape index (κ3) is 4.31. The first-order valence-corrected chi connectivity index (χ1v) is 12.9. The normalized spacial score (nSPS) is 15.6. The minimum atomic E-state index is -3.51. The molecule has 5 rings (SSSR count). The number of hydrogen-bond donors (Lipinski definition) is 1. The summed E-state index contributed by atoms with van der Waals surface area (Å²) in [7, 11) is 2.61. The smallest absolute Gasteiger partial charge is 0.243 e. The number of benzene rings is 2. The van der Waals surface area contributed by atoms with E-state index in [-0.39, 0.29) is 6.04 Å². The second-order valence-corrected chi connectivity index (χ2v) is 10.8. The van der Waals surface area contributed by atoms with E-state index in [2.05, 4.69) is 15.4 Å². The van der Waals surface area contributed by atoms with Crippen molar-refractivity contribution >= 4 is 46.4 Å². The fourth-order valence-corrected chi connectivity index (χ4v) is 5.90. The van der Waals surface area contributed by atoms with Gasteiger partial charge in [0.15, 0.2) is 5.65 Å². The minimum Gasteiger partial charge on any atom is -0.367 e. The first kappa shape index (κ1) is 22.9. The molecule has 172 valence electrons. The summed E-state index contributed by atoms with van der Waals surface area (Å²) < 4.78 is 29.3. The van der Waals surface area contributed by atoms with Gasteiger partial charge in [-0.3, -0.25) is 0 Å². The third-order valence-corrected chi connectivity index (χ3v) is 8.36. The fourth-order valence-electron chi connectivity index (χ4n) is 4.20. The summed E-state index contributed by atoms with van der Waals surface area (Å²) in [6.07, 6.45) is 2.89. The Morgan fingerprint density at radius 3 is 2.50 bits per heavy atom. The molecule has 0 atom stereocenters. The summed E-state index contributed by atoms with van der Waals surface area (Å²) in [5.74, 6) is 0.733. The van der Waals surface area contributed by atoms with Crippen molar-refractivity contribution in [3.05, 3.63) is 71.4 Å². The maximum absolute atomic E-state index is 13.0. The number of halogens is 1. The molecule has 10 heteroatoms. The highest BCUT2D eigenvalue weighted by atomic mass is 35.5. The molecule has 2 aromatic heterocycles. The summed E-state index contributed by atoms with van der Waals surface area (Å²) in [5, 5.41) is 8.49. The first-order chi connectivity index (χ1) is 16.3. The van der Waals surface area contributed by atoms with E-state index in [1.165, 1.54) is 0 Å². The highest BCUT2D eigenvalue weighted by molar-refractivity contribution is 7.89. The molecule has 0 bridgehead atoms. The standard InChI is InChI=1S/C24H23BClN5O2S/c1-16-6-8-18(9-7-16)34(32,33)30-12-10-17(11-13-30)28-23-14-22(19-4-2-3-5-21(19)26)29-24-20(25)15-27-31(23)24/h2-9,14-15,17,28H,10-13H2,1H3. The molecule has 1 N–H and O–H groups in total. The maximum Gasteiger partial charge on any atom is 0.243 e. The Hall–Kier alpha value is -2.88. The molecule has 1 aliphatic heterocycles. The number of sulfonamides is 1. The van der Waals surface area contributed by atoms with Gasteiger partial charge >= 0.3 is 0 Å². The number of aromatic nitrogens is 3. The average molecular weight is 492 g/mol. The van der Waals surface area contributed by atoms with E-state index in [1.54, 1.807) is 27.2 Å². The van der Waals surface area contributed by atoms with Crippen molar-refractivity contribution in [2.75, 3.05) is 18.4 Å². The van der Waals surface area contributed by atoms with Gasteiger partial charge in [0.1, 0.15) is 13.7 Å². The molecule has 0 amide bonds. The highest BCUT2D eigenvalue weighted by Gasteiger charge is 2.29. The van der Waals surface area contributed by atoms with Gasteiger partial charge in [-0.15, -0.1) is 0 Å². The number of rotatable bonds is 5. The zero-order valence-electron chi connectivity index (χ0n) is 18.6. The molecular weight excluding hydrogens is 469 g/mol. The highest BCUT2D eigenvalue weighted by Crippen LogP contribution is 2.29. The van der Waals surface area contributed by atoms with Crippen LogP contribution in [0.3, 0.4) is 0 Å². The van der Waals surface area contributed by atoms with Crippen molar-refractivity contribution in [2.24, 2.45) is 0 Å². The van der Waals surface area contributed by atoms with E-state index in [1.807, 2.05) is 49.4 Å². The van der Waals surface area contributed by atoms with Crippen LogP contribution < -0.4 is 10.8 Å². The molecule has 7 nitrogen and oxygen atoms in total. The minimum absolute atomic E-state index is 0.0691. The Bertz CT molecular complexity index is 1450. The van der Waals surface area contributed by atoms with Crippen molar-refractivity contribution in [3.63, 3.8) is 0 Å². The van der Waals surface area contributed by atoms with Crippen molar-refractivity contribution in [3.8, 4) is 11.3 Å². The van der Waals surface area contributed by atoms with Gasteiger partial charge in [-0.05, 0) is 43.4 Å². The number of piperidine rings is 1. The van der Waals surface area contributed by atoms with Crippen molar-refractivity contribution in [2.45, 2.75) is 30.7 Å². The number of hydrogen-bond acceptors (Lipinski definition) is 5. The molecule has 34 heavy (non-hydrogen) atoms. The van der Waals surface area contributed by atoms with Crippen molar-refractivity contribution < 1.29 is 8.42 Å². The van der Waals surface area contributed by atoms with Crippen LogP contribution in [0, 0.1) is 6.92 Å². The van der Waals surface area contributed by atoms with Crippen LogP contribution in [-0.4, -0.2) is 54.3 Å². The lowest BCUT2D eigenvalue weighted by Crippen LogP contribution is -2.42. The Morgan fingerprint density at radius 1 is 1.09 bits per heavy atom. The van der Waals surface area contributed by atoms with Crippen molar-refractivity contribution in [1.29, 1.82) is 0 Å². The van der Waals surface area contributed by atoms with Gasteiger partial charge in [-0.2, -0.15) is 13.9 Å². The summed E-state index contributed by atoms with van der Waals surface area (Å²) in [6, 6.07) is 16.5. The molecule has 0 spiro atoms. The number of aryl methyl sites for hydroxylation is 1. The Kier molecular flexibility index (Phi) is 6.10. The number of nitrogens with zero attached hydrogens (tertiary/aromatic N) is 4. The van der Waals surface area contributed by atoms with Crippen LogP contribution >= 0.6 is 11.6 Å². The molecule has 2 radical (unpaired) electrons. The second-order valence-electron chi connectivity index (χ2n) is 8.48. The quantitative estimate of drug-likeness (QED) is 0.433. The SMILES string of the molecule is [B]c1cnn2c(NC3CCN(S(=O)(=O)c4ccc(C)cc4)CC3)cc(-c3ccccc3Cl)nc12. The van der Waals surface area contributed by atoms with Crippen LogP contribution in [0.2, 0.25) is 5.02 Å². The maximum atomic E-state index is 13.0. The summed E-state index contributed by atoms with van der Waals surface area (Å²) in [5.41, 5.74) is 3.53. The predicted molar refractivity (Wildman–Crippen MR) is 135 cm³/mol. The number of fused-ring (bicyclic) bond motifs is 1. The Balaban J connectivity index is 1.37. The lowest BCUT2D eigenvalue weighted by atomic mass is 10.0. The van der Waals surface area contributed by atoms with Gasteiger partial charge in [-0.25, -0.2) is 13.4 Å². The fraction of sp³-hybridized carbons (Fsp3) is 0.250. The largest absolute Gasteiger partial charge is 0.367 e. The van der Waals surface area contributed by atoms with Gasteiger partial charge in [0.05, 0.1) is 10.6 Å². The molecule has 1 fully saturated rings. The topological polar surface area (TPSA) is 79.6 Å². The summed E-state index contributed by atoms with van der Waals surface area (Å²) in [4.78, 5) is 5.00. The van der Waals surface area contributed by atoms with Crippen LogP contribution in [0.15, 0.2) is 65.7 Å². The Morgan fingerprint density at radius 2 is 1.79 bits per heavy atom. The molecule has 1 saturated heterocycles. The first-order valence-electron chi connectivity index (χ1n) is 11.1. The van der Waals surface area contributed by atoms with E-state index in [9.17, 15) is 8.42 Å². The summed E-state index contributed by atoms with van der Waals surface area (Å²) in [6.45, 7) is 2.80. The third-order valence-electron chi connectivity index (χ3n) is 6.11. The molecule has 0 unspecified atom stereocenters. The van der Waals surface area contributed by atoms with Gasteiger partial charge in [0, 0.05) is 42.0 Å². The van der Waals surface area contributed by atoms with E-state index in [0.29, 0.717) is 52.7 Å². The van der Waals surface area contributed by atoms with Gasteiger partial charge < -0.3 is 5.32 Å².